The van der Waals surface area contributed by atoms with Crippen LogP contribution < -0.4 is 4.74 Å². The molecule has 0 aromatic heterocycles. The molecule has 1 N–H and O–H groups in total. The molecule has 1 heterocycles. The van der Waals surface area contributed by atoms with Gasteiger partial charge in [-0.05, 0) is 73.5 Å². The summed E-state index contributed by atoms with van der Waals surface area (Å²) >= 11 is 7.38. The number of halogens is 1. The van der Waals surface area contributed by atoms with Crippen LogP contribution in [0.25, 0.3) is 6.08 Å². The number of nitrogens with zero attached hydrogens (tertiary/aromatic N) is 2. The summed E-state index contributed by atoms with van der Waals surface area (Å²) < 4.78 is 5.13. The summed E-state index contributed by atoms with van der Waals surface area (Å²) in [6, 6.07) is 9.30. The molecule has 0 spiro atoms. The summed E-state index contributed by atoms with van der Waals surface area (Å²) in [5.74, 6) is 0.0233. The first-order valence-corrected chi connectivity index (χ1v) is 9.97. The maximum atomic E-state index is 12.8. The molecule has 1 aliphatic rings. The minimum Gasteiger partial charge on any atom is -0.503 e. The predicted octanol–water partition coefficient (Wildman–Crippen LogP) is 5.29. The Morgan fingerprint density at radius 2 is 2.04 bits per heavy atom. The molecule has 7 heteroatoms. The van der Waals surface area contributed by atoms with Crippen molar-refractivity contribution in [3.05, 3.63) is 56.9 Å². The fourth-order valence-electron chi connectivity index (χ4n) is 2.80. The minimum atomic E-state index is -0.121. The summed E-state index contributed by atoms with van der Waals surface area (Å²) in [5, 5.41) is 10.7. The third-order valence-corrected chi connectivity index (χ3v) is 5.65. The van der Waals surface area contributed by atoms with Gasteiger partial charge in [0.1, 0.15) is 0 Å². The van der Waals surface area contributed by atoms with Gasteiger partial charge in [0.05, 0.1) is 22.7 Å². The fraction of sp³-hybridized carbons (Fsp3) is 0.238. The van der Waals surface area contributed by atoms with E-state index in [-0.39, 0.29) is 22.4 Å². The van der Waals surface area contributed by atoms with Crippen molar-refractivity contribution in [2.24, 2.45) is 4.99 Å². The molecule has 5 nitrogen and oxygen atoms in total. The van der Waals surface area contributed by atoms with Crippen LogP contribution in [0.1, 0.15) is 23.6 Å². The number of thioether (sulfide) groups is 1. The second-order valence-electron chi connectivity index (χ2n) is 6.40. The third-order valence-electron chi connectivity index (χ3n) is 4.35. The van der Waals surface area contributed by atoms with Crippen LogP contribution in [0.5, 0.6) is 11.5 Å². The smallest absolute Gasteiger partial charge is 0.266 e. The molecule has 1 saturated heterocycles. The molecule has 1 amide bonds. The molecule has 0 radical (unpaired) electrons. The Hall–Kier alpha value is -2.44. The number of phenols is 1. The number of rotatable bonds is 4. The molecular formula is C21H21ClN2O3S. The van der Waals surface area contributed by atoms with Gasteiger partial charge in [-0.1, -0.05) is 23.7 Å². The van der Waals surface area contributed by atoms with E-state index in [1.165, 1.54) is 18.9 Å². The van der Waals surface area contributed by atoms with Gasteiger partial charge in [0, 0.05) is 6.54 Å². The average Bonchev–Trinajstić information content (AvgIpc) is 2.95. The monoisotopic (exact) mass is 416 g/mol. The normalized spacial score (nSPS) is 17.0. The fourth-order valence-corrected chi connectivity index (χ4v) is 4.07. The van der Waals surface area contributed by atoms with Gasteiger partial charge in [0.25, 0.3) is 5.91 Å². The molecule has 1 aliphatic heterocycles. The number of aliphatic imine (C=N–C) groups is 1. The van der Waals surface area contributed by atoms with Crippen molar-refractivity contribution in [2.45, 2.75) is 20.8 Å². The number of hydrogen-bond donors (Lipinski definition) is 1. The number of likely N-dealkylation sites (N-methyl/N-ethyl adjacent to an activating group) is 1. The Kier molecular flexibility index (Phi) is 6.01. The van der Waals surface area contributed by atoms with Gasteiger partial charge in [0.2, 0.25) is 0 Å². The van der Waals surface area contributed by atoms with Gasteiger partial charge < -0.3 is 9.84 Å². The first kappa shape index (κ1) is 20.3. The maximum absolute atomic E-state index is 12.8. The summed E-state index contributed by atoms with van der Waals surface area (Å²) in [5.41, 5.74) is 3.68. The molecule has 0 aliphatic carbocycles. The largest absolute Gasteiger partial charge is 0.503 e. The Morgan fingerprint density at radius 3 is 2.71 bits per heavy atom. The highest BCUT2D eigenvalue weighted by Gasteiger charge is 2.32. The molecule has 0 unspecified atom stereocenters. The van der Waals surface area contributed by atoms with Crippen LogP contribution in [0.15, 0.2) is 40.2 Å². The highest BCUT2D eigenvalue weighted by molar-refractivity contribution is 8.18. The quantitative estimate of drug-likeness (QED) is 0.687. The number of methoxy groups -OCH3 is 1. The number of carbonyl (C=O) groups is 1. The lowest BCUT2D eigenvalue weighted by atomic mass is 10.1. The zero-order valence-corrected chi connectivity index (χ0v) is 17.7. The lowest BCUT2D eigenvalue weighted by Gasteiger charge is -2.12. The van der Waals surface area contributed by atoms with Crippen LogP contribution in [-0.2, 0) is 4.79 Å². The number of carbonyl (C=O) groups excluding carboxylic acids is 1. The molecule has 2 aromatic carbocycles. The molecule has 0 saturated carbocycles. The SMILES string of the molecule is CCN1C(=O)/C(=C\c2cc(Cl)c(O)c(OC)c2)SC1=Nc1cc(C)ccc1C. The van der Waals surface area contributed by atoms with E-state index in [1.54, 1.807) is 23.1 Å². The van der Waals surface area contributed by atoms with Crippen LogP contribution in [-0.4, -0.2) is 34.7 Å². The van der Waals surface area contributed by atoms with Crippen molar-refractivity contribution in [1.82, 2.24) is 4.90 Å². The highest BCUT2D eigenvalue weighted by Crippen LogP contribution is 2.38. The van der Waals surface area contributed by atoms with Gasteiger partial charge in [0.15, 0.2) is 16.7 Å². The highest BCUT2D eigenvalue weighted by atomic mass is 35.5. The van der Waals surface area contributed by atoms with E-state index in [2.05, 4.69) is 0 Å². The Bertz CT molecular complexity index is 1000. The maximum Gasteiger partial charge on any atom is 0.266 e. The summed E-state index contributed by atoms with van der Waals surface area (Å²) in [6.45, 7) is 6.45. The molecule has 2 aromatic rings. The number of aromatic hydroxyl groups is 1. The van der Waals surface area contributed by atoms with E-state index in [0.29, 0.717) is 22.2 Å². The van der Waals surface area contributed by atoms with Gasteiger partial charge in [-0.2, -0.15) is 0 Å². The lowest BCUT2D eigenvalue weighted by Crippen LogP contribution is -2.28. The van der Waals surface area contributed by atoms with Crippen molar-refractivity contribution >= 4 is 46.2 Å². The van der Waals surface area contributed by atoms with E-state index in [0.717, 1.165) is 16.8 Å². The Labute approximate surface area is 173 Å². The Balaban J connectivity index is 2.00. The van der Waals surface area contributed by atoms with E-state index in [9.17, 15) is 9.90 Å². The van der Waals surface area contributed by atoms with Crippen molar-refractivity contribution in [3.63, 3.8) is 0 Å². The number of aryl methyl sites for hydroxylation is 2. The average molecular weight is 417 g/mol. The van der Waals surface area contributed by atoms with Crippen LogP contribution in [0.2, 0.25) is 5.02 Å². The first-order valence-electron chi connectivity index (χ1n) is 8.78. The second-order valence-corrected chi connectivity index (χ2v) is 7.81. The molecular weight excluding hydrogens is 396 g/mol. The zero-order chi connectivity index (χ0) is 20.4. The first-order chi connectivity index (χ1) is 13.3. The molecule has 1 fully saturated rings. The van der Waals surface area contributed by atoms with E-state index >= 15 is 0 Å². The molecule has 0 bridgehead atoms. The number of amides is 1. The molecule has 0 atom stereocenters. The van der Waals surface area contributed by atoms with Crippen molar-refractivity contribution in [2.75, 3.05) is 13.7 Å². The topological polar surface area (TPSA) is 62.1 Å². The Morgan fingerprint density at radius 1 is 1.29 bits per heavy atom. The van der Waals surface area contributed by atoms with Crippen LogP contribution in [0.3, 0.4) is 0 Å². The standard InChI is InChI=1S/C21H21ClN2O3S/c1-5-24-20(26)18(11-14-9-15(22)19(25)17(10-14)27-4)28-21(24)23-16-8-12(2)6-7-13(16)3/h6-11,25H,5H2,1-4H3/b18-11+,23-21?. The number of phenolic OH excluding ortho intramolecular Hbond substituents is 1. The van der Waals surface area contributed by atoms with Crippen molar-refractivity contribution < 1.29 is 14.6 Å². The van der Waals surface area contributed by atoms with Crippen molar-refractivity contribution in [3.8, 4) is 11.5 Å². The van der Waals surface area contributed by atoms with E-state index < -0.39 is 0 Å². The van der Waals surface area contributed by atoms with Crippen molar-refractivity contribution in [1.29, 1.82) is 0 Å². The number of hydrogen-bond acceptors (Lipinski definition) is 5. The van der Waals surface area contributed by atoms with Crippen LogP contribution in [0.4, 0.5) is 5.69 Å². The number of ether oxygens (including phenoxy) is 1. The van der Waals surface area contributed by atoms with E-state index in [1.807, 2.05) is 39.0 Å². The van der Waals surface area contributed by atoms with Gasteiger partial charge >= 0.3 is 0 Å². The van der Waals surface area contributed by atoms with Crippen LogP contribution >= 0.6 is 23.4 Å². The molecule has 146 valence electrons. The molecule has 3 rings (SSSR count). The predicted molar refractivity (Wildman–Crippen MR) is 116 cm³/mol. The van der Waals surface area contributed by atoms with Gasteiger partial charge in [-0.25, -0.2) is 4.99 Å². The summed E-state index contributed by atoms with van der Waals surface area (Å²) in [4.78, 5) is 19.8. The number of benzene rings is 2. The van der Waals surface area contributed by atoms with Gasteiger partial charge in [-0.3, -0.25) is 9.69 Å². The van der Waals surface area contributed by atoms with E-state index in [4.69, 9.17) is 21.3 Å². The van der Waals surface area contributed by atoms with Gasteiger partial charge in [-0.15, -0.1) is 0 Å². The summed E-state index contributed by atoms with van der Waals surface area (Å²) in [7, 11) is 1.45. The summed E-state index contributed by atoms with van der Waals surface area (Å²) in [6.07, 6.45) is 1.73. The third kappa shape index (κ3) is 4.03. The number of amidine groups is 1. The zero-order valence-electron chi connectivity index (χ0n) is 16.1. The minimum absolute atomic E-state index is 0.111. The second kappa shape index (κ2) is 8.29. The lowest BCUT2D eigenvalue weighted by molar-refractivity contribution is -0.122. The molecule has 28 heavy (non-hydrogen) atoms. The van der Waals surface area contributed by atoms with Crippen LogP contribution in [0, 0.1) is 13.8 Å².